The van der Waals surface area contributed by atoms with Gasteiger partial charge < -0.3 is 15.0 Å². The molecule has 0 saturated heterocycles. The first-order valence-corrected chi connectivity index (χ1v) is 7.83. The molecule has 0 aliphatic carbocycles. The van der Waals surface area contributed by atoms with Crippen molar-refractivity contribution in [1.82, 2.24) is 0 Å². The number of amides is 2. The van der Waals surface area contributed by atoms with Gasteiger partial charge in [0.25, 0.3) is 11.8 Å². The molecule has 1 atom stereocenters. The summed E-state index contributed by atoms with van der Waals surface area (Å²) in [7, 11) is 1.70. The lowest BCUT2D eigenvalue weighted by molar-refractivity contribution is -0.125. The number of carbonyl (C=O) groups excluding carboxylic acids is 2. The number of benzene rings is 2. The van der Waals surface area contributed by atoms with E-state index < -0.39 is 6.10 Å². The van der Waals surface area contributed by atoms with Crippen LogP contribution in [0.3, 0.4) is 0 Å². The summed E-state index contributed by atoms with van der Waals surface area (Å²) in [6.45, 7) is 5.73. The number of hydrogen-bond acceptors (Lipinski definition) is 3. The quantitative estimate of drug-likeness (QED) is 0.922. The summed E-state index contributed by atoms with van der Waals surface area (Å²) in [5.41, 5.74) is 4.21. The van der Waals surface area contributed by atoms with Gasteiger partial charge >= 0.3 is 0 Å². The number of anilines is 2. The number of rotatable bonds is 2. The van der Waals surface area contributed by atoms with Crippen LogP contribution in [0.25, 0.3) is 0 Å². The fourth-order valence-electron chi connectivity index (χ4n) is 2.68. The molecule has 0 fully saturated rings. The summed E-state index contributed by atoms with van der Waals surface area (Å²) in [6, 6.07) is 10.9. The number of likely N-dealkylation sites (N-methyl/N-ethyl adjacent to an activating group) is 1. The minimum Gasteiger partial charge on any atom is -0.479 e. The smallest absolute Gasteiger partial charge is 0.267 e. The number of ether oxygens (including phenoxy) is 1. The Hall–Kier alpha value is -2.82. The molecule has 5 heteroatoms. The van der Waals surface area contributed by atoms with Crippen LogP contribution in [0.5, 0.6) is 5.75 Å². The molecule has 0 radical (unpaired) electrons. The molecule has 0 saturated carbocycles. The van der Waals surface area contributed by atoms with Gasteiger partial charge in [0.1, 0.15) is 5.75 Å². The van der Waals surface area contributed by atoms with Gasteiger partial charge in [0.05, 0.1) is 5.69 Å². The third-order valence-electron chi connectivity index (χ3n) is 4.33. The molecule has 1 N–H and O–H groups in total. The van der Waals surface area contributed by atoms with Gasteiger partial charge in [-0.2, -0.15) is 0 Å². The summed E-state index contributed by atoms with van der Waals surface area (Å²) in [5, 5.41) is 2.89. The first kappa shape index (κ1) is 16.1. The molecule has 1 unspecified atom stereocenters. The van der Waals surface area contributed by atoms with Crippen molar-refractivity contribution >= 4 is 23.2 Å². The third kappa shape index (κ3) is 2.85. The summed E-state index contributed by atoms with van der Waals surface area (Å²) >= 11 is 0. The van der Waals surface area contributed by atoms with Crippen LogP contribution in [0, 0.1) is 13.8 Å². The molecule has 2 aromatic carbocycles. The van der Waals surface area contributed by atoms with E-state index in [1.165, 1.54) is 5.56 Å². The number of carbonyl (C=O) groups is 2. The maximum absolute atomic E-state index is 12.5. The highest BCUT2D eigenvalue weighted by Crippen LogP contribution is 2.34. The summed E-state index contributed by atoms with van der Waals surface area (Å²) < 4.78 is 5.62. The fourth-order valence-corrected chi connectivity index (χ4v) is 2.68. The van der Waals surface area contributed by atoms with E-state index >= 15 is 0 Å². The second-order valence-electron chi connectivity index (χ2n) is 6.09. The molecule has 5 nitrogen and oxygen atoms in total. The van der Waals surface area contributed by atoms with Gasteiger partial charge in [0, 0.05) is 18.3 Å². The number of hydrogen-bond donors (Lipinski definition) is 1. The molecule has 1 aliphatic heterocycles. The molecule has 2 aromatic rings. The minimum absolute atomic E-state index is 0.102. The van der Waals surface area contributed by atoms with Crippen LogP contribution in [0.15, 0.2) is 36.4 Å². The van der Waals surface area contributed by atoms with Crippen LogP contribution in [0.4, 0.5) is 11.4 Å². The molecule has 1 heterocycles. The SMILES string of the molecule is Cc1ccc(NC(=O)c2ccc3c(c2)OC(C)C(=O)N3C)cc1C. The average Bonchev–Trinajstić information content (AvgIpc) is 2.55. The van der Waals surface area contributed by atoms with E-state index in [4.69, 9.17) is 4.74 Å². The van der Waals surface area contributed by atoms with E-state index in [9.17, 15) is 9.59 Å². The second kappa shape index (κ2) is 6.00. The Labute approximate surface area is 141 Å². The van der Waals surface area contributed by atoms with Crippen LogP contribution < -0.4 is 15.0 Å². The molecule has 24 heavy (non-hydrogen) atoms. The van der Waals surface area contributed by atoms with Crippen molar-refractivity contribution in [2.75, 3.05) is 17.3 Å². The molecule has 0 bridgehead atoms. The zero-order valence-corrected chi connectivity index (χ0v) is 14.2. The number of nitrogens with zero attached hydrogens (tertiary/aromatic N) is 1. The van der Waals surface area contributed by atoms with Crippen molar-refractivity contribution in [3.8, 4) is 5.75 Å². The maximum atomic E-state index is 12.5. The Morgan fingerprint density at radius 1 is 1.12 bits per heavy atom. The lowest BCUT2D eigenvalue weighted by atomic mass is 10.1. The standard InChI is InChI=1S/C19H20N2O3/c1-11-5-7-15(9-12(11)2)20-18(22)14-6-8-16-17(10-14)24-13(3)19(23)21(16)4/h5-10,13H,1-4H3,(H,20,22). The molecule has 3 rings (SSSR count). The monoisotopic (exact) mass is 324 g/mol. The van der Waals surface area contributed by atoms with Crippen molar-refractivity contribution in [3.63, 3.8) is 0 Å². The minimum atomic E-state index is -0.555. The maximum Gasteiger partial charge on any atom is 0.267 e. The number of aryl methyl sites for hydroxylation is 2. The van der Waals surface area contributed by atoms with Gasteiger partial charge in [-0.05, 0) is 62.2 Å². The second-order valence-corrected chi connectivity index (χ2v) is 6.09. The molecular formula is C19H20N2O3. The zero-order valence-electron chi connectivity index (χ0n) is 14.2. The highest BCUT2D eigenvalue weighted by atomic mass is 16.5. The van der Waals surface area contributed by atoms with E-state index in [1.54, 1.807) is 37.1 Å². The Morgan fingerprint density at radius 2 is 1.88 bits per heavy atom. The Balaban J connectivity index is 1.85. The predicted molar refractivity (Wildman–Crippen MR) is 93.8 cm³/mol. The lowest BCUT2D eigenvalue weighted by Crippen LogP contribution is -2.42. The van der Waals surface area contributed by atoms with Crippen molar-refractivity contribution in [2.45, 2.75) is 26.9 Å². The summed E-state index contributed by atoms with van der Waals surface area (Å²) in [4.78, 5) is 26.0. The van der Waals surface area contributed by atoms with Gasteiger partial charge in [0.15, 0.2) is 6.10 Å². The average molecular weight is 324 g/mol. The van der Waals surface area contributed by atoms with Crippen molar-refractivity contribution in [3.05, 3.63) is 53.1 Å². The molecule has 0 aromatic heterocycles. The van der Waals surface area contributed by atoms with E-state index in [0.717, 1.165) is 11.3 Å². The molecule has 0 spiro atoms. The van der Waals surface area contributed by atoms with Gasteiger partial charge in [0.2, 0.25) is 0 Å². The Kier molecular flexibility index (Phi) is 4.01. The van der Waals surface area contributed by atoms with Crippen LogP contribution in [0.1, 0.15) is 28.4 Å². The summed E-state index contributed by atoms with van der Waals surface area (Å²) in [5.74, 6) is 0.226. The van der Waals surface area contributed by atoms with Crippen molar-refractivity contribution in [2.24, 2.45) is 0 Å². The molecule has 124 valence electrons. The number of fused-ring (bicyclic) bond motifs is 1. The Morgan fingerprint density at radius 3 is 2.58 bits per heavy atom. The lowest BCUT2D eigenvalue weighted by Gasteiger charge is -2.30. The Bertz CT molecular complexity index is 829. The zero-order chi connectivity index (χ0) is 17.4. The van der Waals surface area contributed by atoms with Crippen molar-refractivity contribution in [1.29, 1.82) is 0 Å². The van der Waals surface area contributed by atoms with Crippen LogP contribution in [-0.2, 0) is 4.79 Å². The molecule has 1 aliphatic rings. The normalized spacial score (nSPS) is 16.4. The fraction of sp³-hybridized carbons (Fsp3) is 0.263. The van der Waals surface area contributed by atoms with Crippen LogP contribution in [0.2, 0.25) is 0 Å². The van der Waals surface area contributed by atoms with Gasteiger partial charge in [-0.25, -0.2) is 0 Å². The van der Waals surface area contributed by atoms with Crippen molar-refractivity contribution < 1.29 is 14.3 Å². The first-order valence-electron chi connectivity index (χ1n) is 7.83. The highest BCUT2D eigenvalue weighted by molar-refractivity contribution is 6.06. The largest absolute Gasteiger partial charge is 0.479 e. The van der Waals surface area contributed by atoms with E-state index in [-0.39, 0.29) is 11.8 Å². The van der Waals surface area contributed by atoms with E-state index in [0.29, 0.717) is 17.0 Å². The molecular weight excluding hydrogens is 304 g/mol. The van der Waals surface area contributed by atoms with E-state index in [1.807, 2.05) is 32.0 Å². The number of nitrogens with one attached hydrogen (secondary N) is 1. The first-order chi connectivity index (χ1) is 11.4. The highest BCUT2D eigenvalue weighted by Gasteiger charge is 2.29. The molecule has 2 amide bonds. The van der Waals surface area contributed by atoms with Gasteiger partial charge in [-0.3, -0.25) is 9.59 Å². The predicted octanol–water partition coefficient (Wildman–Crippen LogP) is 3.30. The summed E-state index contributed by atoms with van der Waals surface area (Å²) in [6.07, 6.45) is -0.555. The van der Waals surface area contributed by atoms with Gasteiger partial charge in [-0.1, -0.05) is 6.07 Å². The topological polar surface area (TPSA) is 58.6 Å². The van der Waals surface area contributed by atoms with E-state index in [2.05, 4.69) is 5.32 Å². The van der Waals surface area contributed by atoms with Crippen LogP contribution >= 0.6 is 0 Å². The van der Waals surface area contributed by atoms with Crippen LogP contribution in [-0.4, -0.2) is 25.0 Å². The van der Waals surface area contributed by atoms with Gasteiger partial charge in [-0.15, -0.1) is 0 Å². The third-order valence-corrected chi connectivity index (χ3v) is 4.33.